The molecule has 208 valence electrons. The summed E-state index contributed by atoms with van der Waals surface area (Å²) in [6.45, 7) is 0.352. The number of rotatable bonds is 10. The summed E-state index contributed by atoms with van der Waals surface area (Å²) in [5.74, 6) is -3.39. The summed E-state index contributed by atoms with van der Waals surface area (Å²) in [5.41, 5.74) is 1.11. The molecular weight excluding hydrogens is 542 g/mol. The molecule has 1 aliphatic rings. The van der Waals surface area contributed by atoms with Crippen LogP contribution in [0.4, 0.5) is 9.93 Å². The van der Waals surface area contributed by atoms with E-state index in [1.807, 2.05) is 30.3 Å². The molecule has 1 saturated heterocycles. The zero-order valence-electron chi connectivity index (χ0n) is 21.0. The largest absolute Gasteiger partial charge is 0.481 e. The second kappa shape index (κ2) is 12.8. The standard InChI is InChI=1S/C26H25N5O8S/c32-19(33)10-11-27-22(34)16-8-9-17(28-13-16)20-21(24(36)37)40-25(29-20)30-23(35)18-7-4-12-31(18)26(38)39-14-15-5-2-1-3-6-15/h1-3,5-6,8-9,13,18H,4,7,10-12,14H2,(H,27,34)(H,32,33)(H,36,37)(H,29,30,35)/t18-/m1/s1. The molecule has 14 heteroatoms. The van der Waals surface area contributed by atoms with E-state index < -0.39 is 35.9 Å². The summed E-state index contributed by atoms with van der Waals surface area (Å²) in [6, 6.07) is 11.1. The third-order valence-corrected chi connectivity index (χ3v) is 6.90. The second-order valence-corrected chi connectivity index (χ2v) is 9.71. The van der Waals surface area contributed by atoms with Gasteiger partial charge in [0, 0.05) is 19.3 Å². The number of amides is 3. The molecule has 2 aromatic heterocycles. The number of hydrogen-bond donors (Lipinski definition) is 4. The third kappa shape index (κ3) is 6.96. The Bertz CT molecular complexity index is 1410. The lowest BCUT2D eigenvalue weighted by Crippen LogP contribution is -2.43. The Morgan fingerprint density at radius 3 is 2.52 bits per heavy atom. The van der Waals surface area contributed by atoms with Crippen molar-refractivity contribution < 1.29 is 38.9 Å². The fraction of sp³-hybridized carbons (Fsp3) is 0.269. The minimum absolute atomic E-state index is 0.00353. The van der Waals surface area contributed by atoms with Crippen molar-refractivity contribution in [2.75, 3.05) is 18.4 Å². The number of carboxylic acid groups (broad SMARTS) is 2. The van der Waals surface area contributed by atoms with Crippen LogP contribution in [0.25, 0.3) is 11.4 Å². The number of benzene rings is 1. The number of aliphatic carboxylic acids is 1. The van der Waals surface area contributed by atoms with Crippen LogP contribution in [0.1, 0.15) is 44.9 Å². The molecule has 0 aliphatic carbocycles. The van der Waals surface area contributed by atoms with E-state index >= 15 is 0 Å². The molecule has 0 unspecified atom stereocenters. The number of likely N-dealkylation sites (tertiary alicyclic amines) is 1. The molecule has 40 heavy (non-hydrogen) atoms. The molecule has 0 saturated carbocycles. The normalized spacial score (nSPS) is 14.4. The quantitative estimate of drug-likeness (QED) is 0.284. The molecule has 1 aromatic carbocycles. The van der Waals surface area contributed by atoms with E-state index in [2.05, 4.69) is 20.6 Å². The maximum Gasteiger partial charge on any atom is 0.410 e. The number of aromatic carboxylic acids is 1. The molecule has 1 aliphatic heterocycles. The van der Waals surface area contributed by atoms with Crippen molar-refractivity contribution in [3.8, 4) is 11.4 Å². The number of ether oxygens (including phenoxy) is 1. The number of carbonyl (C=O) groups excluding carboxylic acids is 3. The number of pyridine rings is 1. The molecule has 0 bridgehead atoms. The minimum atomic E-state index is -1.28. The van der Waals surface area contributed by atoms with Gasteiger partial charge in [-0.05, 0) is 30.5 Å². The molecule has 0 radical (unpaired) electrons. The first-order chi connectivity index (χ1) is 19.2. The lowest BCUT2D eigenvalue weighted by molar-refractivity contribution is -0.136. The highest BCUT2D eigenvalue weighted by atomic mass is 32.1. The van der Waals surface area contributed by atoms with Gasteiger partial charge in [0.1, 0.15) is 23.2 Å². The van der Waals surface area contributed by atoms with Gasteiger partial charge >= 0.3 is 18.0 Å². The number of hydrogen-bond acceptors (Lipinski definition) is 9. The van der Waals surface area contributed by atoms with Crippen LogP contribution in [-0.4, -0.2) is 74.1 Å². The fourth-order valence-electron chi connectivity index (χ4n) is 3.99. The van der Waals surface area contributed by atoms with Crippen molar-refractivity contribution in [1.82, 2.24) is 20.2 Å². The van der Waals surface area contributed by atoms with Gasteiger partial charge in [-0.25, -0.2) is 14.6 Å². The monoisotopic (exact) mass is 567 g/mol. The highest BCUT2D eigenvalue weighted by Gasteiger charge is 2.36. The summed E-state index contributed by atoms with van der Waals surface area (Å²) in [4.78, 5) is 69.9. The smallest absolute Gasteiger partial charge is 0.410 e. The van der Waals surface area contributed by atoms with E-state index in [0.29, 0.717) is 19.4 Å². The van der Waals surface area contributed by atoms with Crippen LogP contribution in [0.15, 0.2) is 48.7 Å². The fourth-order valence-corrected chi connectivity index (χ4v) is 4.81. The number of anilines is 1. The van der Waals surface area contributed by atoms with Crippen LogP contribution in [-0.2, 0) is 20.9 Å². The Morgan fingerprint density at radius 1 is 1.07 bits per heavy atom. The molecule has 1 atom stereocenters. The van der Waals surface area contributed by atoms with Gasteiger partial charge in [0.15, 0.2) is 5.13 Å². The van der Waals surface area contributed by atoms with E-state index in [1.165, 1.54) is 23.2 Å². The SMILES string of the molecule is O=C(O)CCNC(=O)c1ccc(-c2nc(NC(=O)[C@H]3CCCN3C(=O)OCc3ccccc3)sc2C(=O)O)nc1. The lowest BCUT2D eigenvalue weighted by atomic mass is 10.2. The van der Waals surface area contributed by atoms with Crippen molar-refractivity contribution in [2.45, 2.75) is 31.9 Å². The first-order valence-corrected chi connectivity index (χ1v) is 13.0. The first kappa shape index (κ1) is 28.2. The second-order valence-electron chi connectivity index (χ2n) is 8.71. The van der Waals surface area contributed by atoms with Gasteiger partial charge in [-0.3, -0.25) is 24.3 Å². The third-order valence-electron chi connectivity index (χ3n) is 5.94. The van der Waals surface area contributed by atoms with Crippen molar-refractivity contribution in [2.24, 2.45) is 0 Å². The topological polar surface area (TPSA) is 188 Å². The Labute approximate surface area is 231 Å². The van der Waals surface area contributed by atoms with Crippen LogP contribution in [0.5, 0.6) is 0 Å². The number of nitrogens with zero attached hydrogens (tertiary/aromatic N) is 3. The summed E-state index contributed by atoms with van der Waals surface area (Å²) in [7, 11) is 0. The van der Waals surface area contributed by atoms with E-state index in [1.54, 1.807) is 0 Å². The molecule has 1 fully saturated rings. The van der Waals surface area contributed by atoms with Crippen molar-refractivity contribution >= 4 is 46.3 Å². The number of thiazole rings is 1. The van der Waals surface area contributed by atoms with Crippen LogP contribution < -0.4 is 10.6 Å². The summed E-state index contributed by atoms with van der Waals surface area (Å²) in [5, 5.41) is 23.4. The van der Waals surface area contributed by atoms with Gasteiger partial charge < -0.3 is 25.6 Å². The average Bonchev–Trinajstić information content (AvgIpc) is 3.60. The Kier molecular flexibility index (Phi) is 9.01. The molecule has 3 aromatic rings. The molecule has 0 spiro atoms. The summed E-state index contributed by atoms with van der Waals surface area (Å²) >= 11 is 0.739. The van der Waals surface area contributed by atoms with Gasteiger partial charge in [-0.1, -0.05) is 41.7 Å². The summed E-state index contributed by atoms with van der Waals surface area (Å²) in [6.07, 6.45) is 1.37. The highest BCUT2D eigenvalue weighted by molar-refractivity contribution is 7.18. The van der Waals surface area contributed by atoms with Crippen molar-refractivity contribution in [3.05, 3.63) is 64.7 Å². The van der Waals surface area contributed by atoms with E-state index in [4.69, 9.17) is 9.84 Å². The van der Waals surface area contributed by atoms with E-state index in [0.717, 1.165) is 16.9 Å². The maximum atomic E-state index is 13.0. The van der Waals surface area contributed by atoms with Gasteiger partial charge in [0.05, 0.1) is 17.7 Å². The Hall–Kier alpha value is -4.85. The van der Waals surface area contributed by atoms with E-state index in [9.17, 15) is 29.1 Å². The molecule has 3 heterocycles. The predicted molar refractivity (Wildman–Crippen MR) is 142 cm³/mol. The molecule has 4 rings (SSSR count). The van der Waals surface area contributed by atoms with Crippen molar-refractivity contribution in [3.63, 3.8) is 0 Å². The molecule has 13 nitrogen and oxygen atoms in total. The number of carboxylic acids is 2. The zero-order valence-corrected chi connectivity index (χ0v) is 21.8. The Balaban J connectivity index is 1.42. The van der Waals surface area contributed by atoms with Crippen LogP contribution in [0.2, 0.25) is 0 Å². The van der Waals surface area contributed by atoms with Gasteiger partial charge in [-0.15, -0.1) is 0 Å². The van der Waals surface area contributed by atoms with Crippen LogP contribution in [0.3, 0.4) is 0 Å². The first-order valence-electron chi connectivity index (χ1n) is 12.2. The van der Waals surface area contributed by atoms with Gasteiger partial charge in [0.25, 0.3) is 5.91 Å². The van der Waals surface area contributed by atoms with Gasteiger partial charge in [-0.2, -0.15) is 0 Å². The maximum absolute atomic E-state index is 13.0. The average molecular weight is 568 g/mol. The molecular formula is C26H25N5O8S. The zero-order chi connectivity index (χ0) is 28.6. The number of aromatic nitrogens is 2. The molecule has 4 N–H and O–H groups in total. The minimum Gasteiger partial charge on any atom is -0.481 e. The Morgan fingerprint density at radius 2 is 1.85 bits per heavy atom. The van der Waals surface area contributed by atoms with Crippen LogP contribution in [0, 0.1) is 0 Å². The van der Waals surface area contributed by atoms with Gasteiger partial charge in [0.2, 0.25) is 5.91 Å². The number of nitrogens with one attached hydrogen (secondary N) is 2. The predicted octanol–water partition coefficient (Wildman–Crippen LogP) is 2.85. The number of carbonyl (C=O) groups is 5. The van der Waals surface area contributed by atoms with Crippen LogP contribution >= 0.6 is 11.3 Å². The van der Waals surface area contributed by atoms with E-state index in [-0.39, 0.29) is 46.5 Å². The lowest BCUT2D eigenvalue weighted by Gasteiger charge is -2.22. The summed E-state index contributed by atoms with van der Waals surface area (Å²) < 4.78 is 5.37. The molecule has 3 amide bonds. The van der Waals surface area contributed by atoms with Crippen molar-refractivity contribution in [1.29, 1.82) is 0 Å². The highest BCUT2D eigenvalue weighted by Crippen LogP contribution is 2.31.